The van der Waals surface area contributed by atoms with E-state index in [9.17, 15) is 4.79 Å². The van der Waals surface area contributed by atoms with Crippen LogP contribution in [-0.2, 0) is 14.3 Å². The highest BCUT2D eigenvalue weighted by molar-refractivity contribution is 5.76. The lowest BCUT2D eigenvalue weighted by Crippen LogP contribution is -2.49. The summed E-state index contributed by atoms with van der Waals surface area (Å²) in [5.41, 5.74) is 0. The average Bonchev–Trinajstić information content (AvgIpc) is 2.93. The fourth-order valence-electron chi connectivity index (χ4n) is 3.00. The van der Waals surface area contributed by atoms with Crippen LogP contribution in [0.25, 0.3) is 0 Å². The van der Waals surface area contributed by atoms with E-state index in [0.29, 0.717) is 24.2 Å². The Kier molecular flexibility index (Phi) is 2.64. The van der Waals surface area contributed by atoms with E-state index >= 15 is 0 Å². The molecule has 3 aliphatic rings. The molecule has 0 aromatic rings. The molecule has 16 heavy (non-hydrogen) atoms. The van der Waals surface area contributed by atoms with Crippen LogP contribution in [-0.4, -0.2) is 37.4 Å². The summed E-state index contributed by atoms with van der Waals surface area (Å²) in [7, 11) is 1.47. The van der Waals surface area contributed by atoms with Crippen LogP contribution in [0.2, 0.25) is 0 Å². The molecular formula is C12H19NO3. The van der Waals surface area contributed by atoms with Gasteiger partial charge in [0.2, 0.25) is 0 Å². The number of hydrogen-bond acceptors (Lipinski definition) is 4. The Balaban J connectivity index is 1.61. The van der Waals surface area contributed by atoms with E-state index in [2.05, 4.69) is 5.32 Å². The molecule has 3 rings (SSSR count). The van der Waals surface area contributed by atoms with Crippen molar-refractivity contribution in [1.82, 2.24) is 5.32 Å². The summed E-state index contributed by atoms with van der Waals surface area (Å²) in [6.07, 6.45) is 6.44. The highest BCUT2D eigenvalue weighted by atomic mass is 16.5. The van der Waals surface area contributed by atoms with Crippen LogP contribution in [0.4, 0.5) is 0 Å². The summed E-state index contributed by atoms with van der Waals surface area (Å²) in [5.74, 6) is 0.386. The molecule has 4 nitrogen and oxygen atoms in total. The molecule has 2 saturated heterocycles. The maximum absolute atomic E-state index is 11.7. The number of rotatable bonds is 4. The minimum absolute atomic E-state index is 0.0991. The third-order valence-corrected chi connectivity index (χ3v) is 4.05. The van der Waals surface area contributed by atoms with Crippen LogP contribution < -0.4 is 5.32 Å². The number of carbonyl (C=O) groups excluding carboxylic acids is 1. The van der Waals surface area contributed by atoms with Gasteiger partial charge in [-0.1, -0.05) is 0 Å². The number of hydrogen-bond donors (Lipinski definition) is 1. The first-order valence-electron chi connectivity index (χ1n) is 6.27. The fraction of sp³-hybridized carbons (Fsp3) is 0.917. The van der Waals surface area contributed by atoms with Crippen molar-refractivity contribution in [2.24, 2.45) is 5.92 Å². The Morgan fingerprint density at radius 3 is 2.69 bits per heavy atom. The number of carbonyl (C=O) groups is 1. The van der Waals surface area contributed by atoms with Gasteiger partial charge in [0, 0.05) is 6.04 Å². The van der Waals surface area contributed by atoms with Crippen molar-refractivity contribution in [2.45, 2.75) is 56.4 Å². The van der Waals surface area contributed by atoms with Crippen molar-refractivity contribution in [3.63, 3.8) is 0 Å². The molecule has 2 aliphatic heterocycles. The van der Waals surface area contributed by atoms with E-state index in [-0.39, 0.29) is 12.0 Å². The maximum Gasteiger partial charge on any atom is 0.323 e. The van der Waals surface area contributed by atoms with E-state index in [4.69, 9.17) is 9.47 Å². The molecule has 2 bridgehead atoms. The summed E-state index contributed by atoms with van der Waals surface area (Å²) < 4.78 is 10.6. The molecule has 0 aromatic carbocycles. The predicted molar refractivity (Wildman–Crippen MR) is 58.0 cm³/mol. The highest BCUT2D eigenvalue weighted by Crippen LogP contribution is 2.37. The van der Waals surface area contributed by atoms with E-state index in [0.717, 1.165) is 25.7 Å². The van der Waals surface area contributed by atoms with Crippen LogP contribution in [0, 0.1) is 5.92 Å². The third kappa shape index (κ3) is 1.84. The second-order valence-electron chi connectivity index (χ2n) is 5.22. The first kappa shape index (κ1) is 10.5. The zero-order valence-corrected chi connectivity index (χ0v) is 9.65. The first-order chi connectivity index (χ1) is 7.78. The topological polar surface area (TPSA) is 47.6 Å². The van der Waals surface area contributed by atoms with E-state index in [1.54, 1.807) is 0 Å². The average molecular weight is 225 g/mol. The number of fused-ring (bicyclic) bond motifs is 2. The van der Waals surface area contributed by atoms with E-state index < -0.39 is 0 Å². The largest absolute Gasteiger partial charge is 0.468 e. The molecule has 4 heteroatoms. The molecule has 0 radical (unpaired) electrons. The van der Waals surface area contributed by atoms with Crippen molar-refractivity contribution >= 4 is 5.97 Å². The van der Waals surface area contributed by atoms with Crippen LogP contribution in [0.3, 0.4) is 0 Å². The minimum atomic E-state index is -0.106. The summed E-state index contributed by atoms with van der Waals surface area (Å²) in [6, 6.07) is 0.265. The van der Waals surface area contributed by atoms with Crippen molar-refractivity contribution in [1.29, 1.82) is 0 Å². The lowest BCUT2D eigenvalue weighted by atomic mass is 9.94. The lowest BCUT2D eigenvalue weighted by molar-refractivity contribution is -0.144. The number of esters is 1. The van der Waals surface area contributed by atoms with Gasteiger partial charge in [-0.25, -0.2) is 0 Å². The van der Waals surface area contributed by atoms with Gasteiger partial charge in [0.15, 0.2) is 0 Å². The molecule has 2 heterocycles. The summed E-state index contributed by atoms with van der Waals surface area (Å²) in [6.45, 7) is 0. The molecule has 0 aromatic heterocycles. The Morgan fingerprint density at radius 1 is 1.38 bits per heavy atom. The third-order valence-electron chi connectivity index (χ3n) is 4.05. The Labute approximate surface area is 95.7 Å². The molecule has 4 atom stereocenters. The molecule has 1 saturated carbocycles. The molecule has 90 valence electrons. The second-order valence-corrected chi connectivity index (χ2v) is 5.22. The van der Waals surface area contributed by atoms with Crippen LogP contribution in [0.5, 0.6) is 0 Å². The molecule has 0 amide bonds. The number of methoxy groups -OCH3 is 1. The van der Waals surface area contributed by atoms with Gasteiger partial charge in [-0.15, -0.1) is 0 Å². The van der Waals surface area contributed by atoms with Gasteiger partial charge in [0.25, 0.3) is 0 Å². The SMILES string of the molecule is COC(=O)C(NC1CC2CCC1O2)C1CC1. The highest BCUT2D eigenvalue weighted by Gasteiger charge is 2.45. The zero-order chi connectivity index (χ0) is 11.1. The van der Waals surface area contributed by atoms with Gasteiger partial charge in [-0.2, -0.15) is 0 Å². The second kappa shape index (κ2) is 4.00. The van der Waals surface area contributed by atoms with E-state index in [1.165, 1.54) is 13.5 Å². The minimum Gasteiger partial charge on any atom is -0.468 e. The fourth-order valence-corrected chi connectivity index (χ4v) is 3.00. The standard InChI is InChI=1S/C12H19NO3/c1-15-12(14)11(7-2-3-7)13-9-6-8-4-5-10(9)16-8/h7-11,13H,2-6H2,1H3. The number of ether oxygens (including phenoxy) is 2. The van der Waals surface area contributed by atoms with Crippen molar-refractivity contribution in [2.75, 3.05) is 7.11 Å². The van der Waals surface area contributed by atoms with Gasteiger partial charge in [-0.3, -0.25) is 10.1 Å². The van der Waals surface area contributed by atoms with Gasteiger partial charge in [-0.05, 0) is 38.0 Å². The number of nitrogens with one attached hydrogen (secondary N) is 1. The molecular weight excluding hydrogens is 206 g/mol. The Morgan fingerprint density at radius 2 is 2.19 bits per heavy atom. The predicted octanol–water partition coefficient (Wildman–Crippen LogP) is 0.847. The lowest BCUT2D eigenvalue weighted by Gasteiger charge is -2.25. The molecule has 3 fully saturated rings. The van der Waals surface area contributed by atoms with Crippen molar-refractivity contribution < 1.29 is 14.3 Å². The Bertz CT molecular complexity index is 290. The van der Waals surface area contributed by atoms with Gasteiger partial charge in [0.05, 0.1) is 19.3 Å². The first-order valence-corrected chi connectivity index (χ1v) is 6.27. The molecule has 1 aliphatic carbocycles. The maximum atomic E-state index is 11.7. The van der Waals surface area contributed by atoms with Crippen LogP contribution in [0.1, 0.15) is 32.1 Å². The van der Waals surface area contributed by atoms with Crippen LogP contribution in [0.15, 0.2) is 0 Å². The van der Waals surface area contributed by atoms with Crippen LogP contribution >= 0.6 is 0 Å². The van der Waals surface area contributed by atoms with Gasteiger partial charge < -0.3 is 9.47 Å². The summed E-state index contributed by atoms with van der Waals surface area (Å²) >= 11 is 0. The zero-order valence-electron chi connectivity index (χ0n) is 9.65. The molecule has 4 unspecified atom stereocenters. The Hall–Kier alpha value is -0.610. The smallest absolute Gasteiger partial charge is 0.323 e. The van der Waals surface area contributed by atoms with E-state index in [1.807, 2.05) is 0 Å². The molecule has 0 spiro atoms. The quantitative estimate of drug-likeness (QED) is 0.720. The van der Waals surface area contributed by atoms with Gasteiger partial charge >= 0.3 is 5.97 Å². The van der Waals surface area contributed by atoms with Gasteiger partial charge in [0.1, 0.15) is 6.04 Å². The summed E-state index contributed by atoms with van der Waals surface area (Å²) in [5, 5.41) is 3.46. The van der Waals surface area contributed by atoms with Crippen molar-refractivity contribution in [3.05, 3.63) is 0 Å². The monoisotopic (exact) mass is 225 g/mol. The normalized spacial score (nSPS) is 38.7. The van der Waals surface area contributed by atoms with Crippen molar-refractivity contribution in [3.8, 4) is 0 Å². The molecule has 1 N–H and O–H groups in total. The summed E-state index contributed by atoms with van der Waals surface area (Å²) in [4.78, 5) is 11.7.